The highest BCUT2D eigenvalue weighted by Gasteiger charge is 2.10. The van der Waals surface area contributed by atoms with Crippen molar-refractivity contribution in [2.75, 3.05) is 44.7 Å². The van der Waals surface area contributed by atoms with Crippen molar-refractivity contribution in [3.8, 4) is 5.69 Å². The summed E-state index contributed by atoms with van der Waals surface area (Å²) in [6, 6.07) is 3.60. The van der Waals surface area contributed by atoms with Crippen molar-refractivity contribution >= 4 is 5.82 Å². The van der Waals surface area contributed by atoms with Crippen LogP contribution in [0.15, 0.2) is 24.4 Å². The first kappa shape index (κ1) is 14.9. The Bertz CT molecular complexity index is 627. The van der Waals surface area contributed by atoms with E-state index < -0.39 is 11.6 Å². The van der Waals surface area contributed by atoms with Crippen LogP contribution in [-0.2, 0) is 4.74 Å². The highest BCUT2D eigenvalue weighted by Crippen LogP contribution is 2.13. The van der Waals surface area contributed by atoms with Gasteiger partial charge in [-0.15, -0.1) is 5.10 Å². The van der Waals surface area contributed by atoms with Crippen LogP contribution in [0.2, 0.25) is 0 Å². The predicted molar refractivity (Wildman–Crippen MR) is 77.0 cm³/mol. The van der Waals surface area contributed by atoms with Crippen LogP contribution < -0.4 is 5.32 Å². The summed E-state index contributed by atoms with van der Waals surface area (Å²) in [7, 11) is 0. The lowest BCUT2D eigenvalue weighted by atomic mass is 10.3. The molecule has 3 rings (SSSR count). The fourth-order valence-electron chi connectivity index (χ4n) is 2.27. The lowest BCUT2D eigenvalue weighted by molar-refractivity contribution is 0.0398. The lowest BCUT2D eigenvalue weighted by Gasteiger charge is -2.26. The van der Waals surface area contributed by atoms with Crippen molar-refractivity contribution in [1.82, 2.24) is 19.9 Å². The molecule has 0 atom stereocenters. The highest BCUT2D eigenvalue weighted by atomic mass is 19.2. The molecule has 118 valence electrons. The van der Waals surface area contributed by atoms with Crippen molar-refractivity contribution in [3.05, 3.63) is 36.0 Å². The molecule has 22 heavy (non-hydrogen) atoms. The first-order valence-corrected chi connectivity index (χ1v) is 7.14. The molecule has 0 bridgehead atoms. The number of morpholine rings is 1. The zero-order chi connectivity index (χ0) is 15.4. The van der Waals surface area contributed by atoms with Crippen LogP contribution in [-0.4, -0.2) is 59.3 Å². The van der Waals surface area contributed by atoms with E-state index in [1.807, 2.05) is 0 Å². The van der Waals surface area contributed by atoms with Gasteiger partial charge in [0.05, 0.1) is 25.1 Å². The molecule has 1 aromatic heterocycles. The van der Waals surface area contributed by atoms with E-state index >= 15 is 0 Å². The van der Waals surface area contributed by atoms with Gasteiger partial charge in [-0.2, -0.15) is 0 Å². The van der Waals surface area contributed by atoms with Crippen LogP contribution in [0.1, 0.15) is 0 Å². The normalized spacial score (nSPS) is 15.9. The van der Waals surface area contributed by atoms with Crippen molar-refractivity contribution in [2.24, 2.45) is 0 Å². The first-order chi connectivity index (χ1) is 10.7. The second kappa shape index (κ2) is 6.80. The SMILES string of the molecule is Fc1ccc(-n2cc(NCCN3CCOCC3)nn2)cc1F. The van der Waals surface area contributed by atoms with Crippen molar-refractivity contribution in [2.45, 2.75) is 0 Å². The molecule has 1 aliphatic heterocycles. The lowest BCUT2D eigenvalue weighted by Crippen LogP contribution is -2.39. The Labute approximate surface area is 126 Å². The van der Waals surface area contributed by atoms with Gasteiger partial charge in [0.15, 0.2) is 17.5 Å². The van der Waals surface area contributed by atoms with Gasteiger partial charge in [0.25, 0.3) is 0 Å². The number of nitrogens with one attached hydrogen (secondary N) is 1. The van der Waals surface area contributed by atoms with E-state index in [2.05, 4.69) is 20.5 Å². The molecule has 8 heteroatoms. The van der Waals surface area contributed by atoms with E-state index in [4.69, 9.17) is 4.74 Å². The number of rotatable bonds is 5. The van der Waals surface area contributed by atoms with Gasteiger partial charge in [0.2, 0.25) is 0 Å². The summed E-state index contributed by atoms with van der Waals surface area (Å²) >= 11 is 0. The Kier molecular flexibility index (Phi) is 4.59. The van der Waals surface area contributed by atoms with Gasteiger partial charge in [-0.05, 0) is 12.1 Å². The second-order valence-electron chi connectivity index (χ2n) is 5.03. The highest BCUT2D eigenvalue weighted by molar-refractivity contribution is 5.37. The average Bonchev–Trinajstić information content (AvgIpc) is 3.00. The van der Waals surface area contributed by atoms with E-state index in [1.54, 1.807) is 6.20 Å². The van der Waals surface area contributed by atoms with Crippen LogP contribution in [0, 0.1) is 11.6 Å². The molecule has 6 nitrogen and oxygen atoms in total. The van der Waals surface area contributed by atoms with E-state index in [0.717, 1.165) is 51.5 Å². The zero-order valence-electron chi connectivity index (χ0n) is 12.0. The Morgan fingerprint density at radius 2 is 2.00 bits per heavy atom. The van der Waals surface area contributed by atoms with Gasteiger partial charge in [-0.3, -0.25) is 4.90 Å². The molecule has 0 saturated carbocycles. The standard InChI is InChI=1S/C14H17F2N5O/c15-12-2-1-11(9-13(12)16)21-10-14(18-19-21)17-3-4-20-5-7-22-8-6-20/h1-2,9-10,17H,3-8H2. The van der Waals surface area contributed by atoms with Gasteiger partial charge in [0, 0.05) is 32.2 Å². The number of hydrogen-bond donors (Lipinski definition) is 1. The maximum atomic E-state index is 13.2. The van der Waals surface area contributed by atoms with Crippen LogP contribution in [0.3, 0.4) is 0 Å². The van der Waals surface area contributed by atoms with Crippen LogP contribution in [0.4, 0.5) is 14.6 Å². The van der Waals surface area contributed by atoms with Crippen LogP contribution in [0.5, 0.6) is 0 Å². The number of hydrogen-bond acceptors (Lipinski definition) is 5. The minimum absolute atomic E-state index is 0.424. The van der Waals surface area contributed by atoms with Gasteiger partial charge in [0.1, 0.15) is 0 Å². The molecule has 0 amide bonds. The summed E-state index contributed by atoms with van der Waals surface area (Å²) in [5, 5.41) is 11.0. The minimum Gasteiger partial charge on any atom is -0.379 e. The molecule has 2 heterocycles. The van der Waals surface area contributed by atoms with E-state index in [0.29, 0.717) is 11.5 Å². The number of nitrogens with zero attached hydrogens (tertiary/aromatic N) is 4. The molecule has 0 aliphatic carbocycles. The summed E-state index contributed by atoms with van der Waals surface area (Å²) in [5.41, 5.74) is 0.424. The summed E-state index contributed by atoms with van der Waals surface area (Å²) in [6.07, 6.45) is 1.64. The Balaban J connectivity index is 1.55. The number of benzene rings is 1. The Hall–Kier alpha value is -2.06. The van der Waals surface area contributed by atoms with E-state index in [-0.39, 0.29) is 0 Å². The summed E-state index contributed by atoms with van der Waals surface area (Å²) in [4.78, 5) is 2.30. The maximum Gasteiger partial charge on any atom is 0.169 e. The molecule has 1 aliphatic rings. The maximum absolute atomic E-state index is 13.2. The fraction of sp³-hybridized carbons (Fsp3) is 0.429. The van der Waals surface area contributed by atoms with E-state index in [1.165, 1.54) is 10.7 Å². The average molecular weight is 309 g/mol. The van der Waals surface area contributed by atoms with Gasteiger partial charge in [-0.1, -0.05) is 5.21 Å². The molecular formula is C14H17F2N5O. The van der Waals surface area contributed by atoms with Gasteiger partial charge < -0.3 is 10.1 Å². The molecule has 0 spiro atoms. The van der Waals surface area contributed by atoms with Crippen molar-refractivity contribution in [1.29, 1.82) is 0 Å². The zero-order valence-corrected chi connectivity index (χ0v) is 12.0. The molecule has 1 aromatic carbocycles. The smallest absolute Gasteiger partial charge is 0.169 e. The fourth-order valence-corrected chi connectivity index (χ4v) is 2.27. The molecule has 0 radical (unpaired) electrons. The van der Waals surface area contributed by atoms with Crippen LogP contribution >= 0.6 is 0 Å². The second-order valence-corrected chi connectivity index (χ2v) is 5.03. The third-order valence-corrected chi connectivity index (χ3v) is 3.50. The summed E-state index contributed by atoms with van der Waals surface area (Å²) in [6.45, 7) is 5.03. The monoisotopic (exact) mass is 309 g/mol. The van der Waals surface area contributed by atoms with Crippen molar-refractivity contribution < 1.29 is 13.5 Å². The van der Waals surface area contributed by atoms with Gasteiger partial charge >= 0.3 is 0 Å². The molecule has 2 aromatic rings. The third kappa shape index (κ3) is 3.58. The van der Waals surface area contributed by atoms with Crippen molar-refractivity contribution in [3.63, 3.8) is 0 Å². The van der Waals surface area contributed by atoms with Gasteiger partial charge in [-0.25, -0.2) is 13.5 Å². The number of anilines is 1. The minimum atomic E-state index is -0.908. The summed E-state index contributed by atoms with van der Waals surface area (Å²) in [5.74, 6) is -1.19. The van der Waals surface area contributed by atoms with Crippen LogP contribution in [0.25, 0.3) is 5.69 Å². The Morgan fingerprint density at radius 1 is 1.18 bits per heavy atom. The number of aromatic nitrogens is 3. The molecule has 1 saturated heterocycles. The summed E-state index contributed by atoms with van der Waals surface area (Å²) < 4.78 is 32.8. The number of ether oxygens (including phenoxy) is 1. The molecule has 1 N–H and O–H groups in total. The topological polar surface area (TPSA) is 55.2 Å². The Morgan fingerprint density at radius 3 is 2.77 bits per heavy atom. The first-order valence-electron chi connectivity index (χ1n) is 7.14. The largest absolute Gasteiger partial charge is 0.379 e. The molecule has 1 fully saturated rings. The molecule has 0 unspecified atom stereocenters. The predicted octanol–water partition coefficient (Wildman–Crippen LogP) is 1.29. The third-order valence-electron chi connectivity index (χ3n) is 3.50. The number of halogens is 2. The quantitative estimate of drug-likeness (QED) is 0.902. The molecular weight excluding hydrogens is 292 g/mol. The van der Waals surface area contributed by atoms with E-state index in [9.17, 15) is 8.78 Å².